The Kier molecular flexibility index (Phi) is 3.25. The van der Waals surface area contributed by atoms with Crippen LogP contribution in [0, 0.1) is 29.9 Å². The largest absolute Gasteiger partial charge is 0.306 e. The fraction of sp³-hybridized carbons (Fsp3) is 0.0833. The number of nitriles is 1. The summed E-state index contributed by atoms with van der Waals surface area (Å²) in [5.41, 5.74) is -0.0401. The fourth-order valence-electron chi connectivity index (χ4n) is 1.48. The number of rotatable bonds is 2. The molecule has 0 aliphatic heterocycles. The van der Waals surface area contributed by atoms with E-state index < -0.39 is 17.5 Å². The SMILES string of the molecule is Cc1cc(C(=O)Nc2[nH]ncc2C#N)c(F)cc1F. The lowest BCUT2D eigenvalue weighted by Crippen LogP contribution is -2.15. The number of aryl methyl sites for hydroxylation is 1. The second-order valence-corrected chi connectivity index (χ2v) is 3.81. The summed E-state index contributed by atoms with van der Waals surface area (Å²) in [5, 5.41) is 17.0. The van der Waals surface area contributed by atoms with E-state index in [4.69, 9.17) is 5.26 Å². The Balaban J connectivity index is 2.31. The fourth-order valence-corrected chi connectivity index (χ4v) is 1.48. The van der Waals surface area contributed by atoms with Gasteiger partial charge in [0.2, 0.25) is 0 Å². The van der Waals surface area contributed by atoms with Crippen LogP contribution in [0.2, 0.25) is 0 Å². The van der Waals surface area contributed by atoms with Gasteiger partial charge >= 0.3 is 0 Å². The van der Waals surface area contributed by atoms with Gasteiger partial charge in [-0.25, -0.2) is 8.78 Å². The monoisotopic (exact) mass is 262 g/mol. The van der Waals surface area contributed by atoms with Gasteiger partial charge in [-0.15, -0.1) is 0 Å². The van der Waals surface area contributed by atoms with E-state index in [1.807, 2.05) is 0 Å². The third kappa shape index (κ3) is 2.42. The number of aromatic nitrogens is 2. The molecule has 2 aromatic rings. The van der Waals surface area contributed by atoms with E-state index >= 15 is 0 Å². The highest BCUT2D eigenvalue weighted by Gasteiger charge is 2.16. The number of H-pyrrole nitrogens is 1. The Labute approximate surface area is 106 Å². The average Bonchev–Trinajstić information content (AvgIpc) is 2.80. The zero-order chi connectivity index (χ0) is 14.0. The first-order valence-corrected chi connectivity index (χ1v) is 5.23. The predicted molar refractivity (Wildman–Crippen MR) is 62.4 cm³/mol. The Morgan fingerprint density at radius 3 is 2.84 bits per heavy atom. The molecule has 1 heterocycles. The van der Waals surface area contributed by atoms with Crippen molar-refractivity contribution in [1.29, 1.82) is 5.26 Å². The summed E-state index contributed by atoms with van der Waals surface area (Å²) >= 11 is 0. The van der Waals surface area contributed by atoms with Crippen LogP contribution in [0.25, 0.3) is 0 Å². The molecule has 0 radical (unpaired) electrons. The van der Waals surface area contributed by atoms with Gasteiger partial charge in [-0.2, -0.15) is 10.4 Å². The van der Waals surface area contributed by atoms with Crippen LogP contribution in [-0.2, 0) is 0 Å². The molecule has 0 unspecified atom stereocenters. The molecule has 0 atom stereocenters. The van der Waals surface area contributed by atoms with Crippen molar-refractivity contribution >= 4 is 11.7 Å². The molecule has 1 aromatic carbocycles. The minimum Gasteiger partial charge on any atom is -0.306 e. The average molecular weight is 262 g/mol. The Bertz CT molecular complexity index is 688. The quantitative estimate of drug-likeness (QED) is 0.869. The van der Waals surface area contributed by atoms with Crippen LogP contribution in [0.4, 0.5) is 14.6 Å². The Morgan fingerprint density at radius 2 is 2.16 bits per heavy atom. The Morgan fingerprint density at radius 1 is 1.42 bits per heavy atom. The number of halogens is 2. The summed E-state index contributed by atoms with van der Waals surface area (Å²) in [6.45, 7) is 1.42. The maximum atomic E-state index is 13.5. The molecular weight excluding hydrogens is 254 g/mol. The molecule has 0 spiro atoms. The Hall–Kier alpha value is -2.75. The third-order valence-electron chi connectivity index (χ3n) is 2.49. The number of nitrogens with zero attached hydrogens (tertiary/aromatic N) is 2. The topological polar surface area (TPSA) is 81.6 Å². The van der Waals surface area contributed by atoms with E-state index in [9.17, 15) is 13.6 Å². The predicted octanol–water partition coefficient (Wildman–Crippen LogP) is 2.12. The first-order valence-electron chi connectivity index (χ1n) is 5.23. The van der Waals surface area contributed by atoms with Gasteiger partial charge in [0.05, 0.1) is 11.8 Å². The summed E-state index contributed by atoms with van der Waals surface area (Å²) in [4.78, 5) is 11.8. The zero-order valence-electron chi connectivity index (χ0n) is 9.79. The van der Waals surface area contributed by atoms with Gasteiger partial charge in [-0.3, -0.25) is 9.89 Å². The van der Waals surface area contributed by atoms with Crippen molar-refractivity contribution in [1.82, 2.24) is 10.2 Å². The molecule has 0 aliphatic rings. The highest BCUT2D eigenvalue weighted by molar-refractivity contribution is 6.04. The summed E-state index contributed by atoms with van der Waals surface area (Å²) < 4.78 is 26.6. The third-order valence-corrected chi connectivity index (χ3v) is 2.49. The number of amides is 1. The van der Waals surface area contributed by atoms with Crippen molar-refractivity contribution < 1.29 is 13.6 Å². The number of aromatic amines is 1. The van der Waals surface area contributed by atoms with Gasteiger partial charge in [0.1, 0.15) is 29.1 Å². The molecule has 1 amide bonds. The molecule has 19 heavy (non-hydrogen) atoms. The summed E-state index contributed by atoms with van der Waals surface area (Å²) in [7, 11) is 0. The van der Waals surface area contributed by atoms with Gasteiger partial charge in [0, 0.05) is 6.07 Å². The molecule has 2 rings (SSSR count). The van der Waals surface area contributed by atoms with Gasteiger partial charge in [-0.05, 0) is 18.6 Å². The minimum atomic E-state index is -0.973. The van der Waals surface area contributed by atoms with E-state index in [0.29, 0.717) is 6.07 Å². The summed E-state index contributed by atoms with van der Waals surface area (Å²) in [5.74, 6) is -2.43. The molecule has 0 aliphatic carbocycles. The van der Waals surface area contributed by atoms with Crippen molar-refractivity contribution in [3.8, 4) is 6.07 Å². The van der Waals surface area contributed by atoms with E-state index in [1.54, 1.807) is 6.07 Å². The van der Waals surface area contributed by atoms with E-state index in [0.717, 1.165) is 6.07 Å². The lowest BCUT2D eigenvalue weighted by molar-refractivity contribution is 0.102. The molecule has 5 nitrogen and oxygen atoms in total. The van der Waals surface area contributed by atoms with Crippen LogP contribution in [0.15, 0.2) is 18.3 Å². The number of carbonyl (C=O) groups excluding carboxylic acids is 1. The molecule has 1 aromatic heterocycles. The highest BCUT2D eigenvalue weighted by atomic mass is 19.1. The van der Waals surface area contributed by atoms with Crippen LogP contribution < -0.4 is 5.32 Å². The molecule has 0 fully saturated rings. The van der Waals surface area contributed by atoms with Crippen molar-refractivity contribution in [3.63, 3.8) is 0 Å². The summed E-state index contributed by atoms with van der Waals surface area (Å²) in [6, 6.07) is 3.55. The number of anilines is 1. The van der Waals surface area contributed by atoms with Crippen LogP contribution in [0.3, 0.4) is 0 Å². The lowest BCUT2D eigenvalue weighted by Gasteiger charge is -2.06. The van der Waals surface area contributed by atoms with Gasteiger partial charge in [0.25, 0.3) is 5.91 Å². The van der Waals surface area contributed by atoms with Crippen LogP contribution >= 0.6 is 0 Å². The standard InChI is InChI=1S/C12H8F2N4O/c1-6-2-8(10(14)3-9(6)13)12(19)17-11-7(4-15)5-16-18-11/h2-3,5H,1H3,(H2,16,17,18,19). The second kappa shape index (κ2) is 4.86. The number of hydrogen-bond donors (Lipinski definition) is 2. The first-order chi connectivity index (χ1) is 9.02. The van der Waals surface area contributed by atoms with E-state index in [-0.39, 0.29) is 22.5 Å². The minimum absolute atomic E-state index is 0.0638. The maximum absolute atomic E-state index is 13.5. The van der Waals surface area contributed by atoms with Crippen molar-refractivity contribution in [2.75, 3.05) is 5.32 Å². The van der Waals surface area contributed by atoms with Crippen LogP contribution in [0.5, 0.6) is 0 Å². The first kappa shape index (κ1) is 12.7. The normalized spacial score (nSPS) is 10.0. The van der Waals surface area contributed by atoms with Gasteiger partial charge < -0.3 is 5.32 Å². The number of hydrogen-bond acceptors (Lipinski definition) is 3. The van der Waals surface area contributed by atoms with Crippen LogP contribution in [0.1, 0.15) is 21.5 Å². The number of nitrogens with one attached hydrogen (secondary N) is 2. The molecule has 0 bridgehead atoms. The molecule has 2 N–H and O–H groups in total. The van der Waals surface area contributed by atoms with Crippen LogP contribution in [-0.4, -0.2) is 16.1 Å². The molecule has 0 saturated carbocycles. The van der Waals surface area contributed by atoms with Gasteiger partial charge in [0.15, 0.2) is 0 Å². The van der Waals surface area contributed by atoms with Gasteiger partial charge in [-0.1, -0.05) is 0 Å². The molecule has 0 saturated heterocycles. The number of carbonyl (C=O) groups is 1. The summed E-state index contributed by atoms with van der Waals surface area (Å²) in [6.07, 6.45) is 1.22. The maximum Gasteiger partial charge on any atom is 0.259 e. The number of benzene rings is 1. The molecular formula is C12H8F2N4O. The van der Waals surface area contributed by atoms with Crippen molar-refractivity contribution in [2.24, 2.45) is 0 Å². The van der Waals surface area contributed by atoms with E-state index in [2.05, 4.69) is 15.5 Å². The zero-order valence-corrected chi connectivity index (χ0v) is 9.79. The smallest absolute Gasteiger partial charge is 0.259 e. The highest BCUT2D eigenvalue weighted by Crippen LogP contribution is 2.16. The van der Waals surface area contributed by atoms with E-state index in [1.165, 1.54) is 13.1 Å². The van der Waals surface area contributed by atoms with Crippen molar-refractivity contribution in [3.05, 3.63) is 46.7 Å². The molecule has 7 heteroatoms. The lowest BCUT2D eigenvalue weighted by atomic mass is 10.1. The van der Waals surface area contributed by atoms with Crippen molar-refractivity contribution in [2.45, 2.75) is 6.92 Å². The second-order valence-electron chi connectivity index (χ2n) is 3.81. The molecule has 96 valence electrons.